The summed E-state index contributed by atoms with van der Waals surface area (Å²) < 4.78 is 0. The smallest absolute Gasteiger partial charge is 0.0431 e. The Kier molecular flexibility index (Phi) is 3.20. The number of hydrogen-bond acceptors (Lipinski definition) is 1. The molecule has 1 aromatic rings. The summed E-state index contributed by atoms with van der Waals surface area (Å²) >= 11 is 0. The Morgan fingerprint density at radius 2 is 2.14 bits per heavy atom. The normalized spacial score (nSPS) is 20.5. The Hall–Kier alpha value is -0.820. The van der Waals surface area contributed by atoms with Gasteiger partial charge >= 0.3 is 0 Å². The van der Waals surface area contributed by atoms with Gasteiger partial charge < -0.3 is 5.11 Å². The number of hydrogen-bond donors (Lipinski definition) is 1. The second-order valence-electron chi connectivity index (χ2n) is 4.15. The first-order valence-corrected chi connectivity index (χ1v) is 5.60. The molecule has 1 N–H and O–H groups in total. The number of aliphatic hydroxyl groups excluding tert-OH is 1. The molecule has 0 radical (unpaired) electrons. The Balaban J connectivity index is 2.14. The summed E-state index contributed by atoms with van der Waals surface area (Å²) in [7, 11) is 0. The van der Waals surface area contributed by atoms with E-state index in [0.717, 1.165) is 12.8 Å². The lowest BCUT2D eigenvalue weighted by Gasteiger charge is -2.25. The lowest BCUT2D eigenvalue weighted by molar-refractivity contribution is 0.277. The highest BCUT2D eigenvalue weighted by atomic mass is 16.2. The van der Waals surface area contributed by atoms with E-state index in [4.69, 9.17) is 5.11 Å². The van der Waals surface area contributed by atoms with E-state index in [0.29, 0.717) is 12.5 Å². The molecule has 1 aliphatic rings. The van der Waals surface area contributed by atoms with Crippen molar-refractivity contribution in [3.63, 3.8) is 0 Å². The van der Waals surface area contributed by atoms with Crippen molar-refractivity contribution < 1.29 is 5.11 Å². The molecule has 0 fully saturated rings. The van der Waals surface area contributed by atoms with Gasteiger partial charge in [-0.2, -0.15) is 0 Å². The van der Waals surface area contributed by atoms with Gasteiger partial charge in [0.2, 0.25) is 0 Å². The fraction of sp³-hybridized carbons (Fsp3) is 0.538. The van der Waals surface area contributed by atoms with E-state index in [9.17, 15) is 0 Å². The molecule has 0 aromatic heterocycles. The summed E-state index contributed by atoms with van der Waals surface area (Å²) in [5.74, 6) is 0.701. The molecular weight excluding hydrogens is 172 g/mol. The third-order valence-corrected chi connectivity index (χ3v) is 3.20. The molecule has 0 heterocycles. The van der Waals surface area contributed by atoms with Crippen LogP contribution >= 0.6 is 0 Å². The van der Waals surface area contributed by atoms with Gasteiger partial charge in [-0.3, -0.25) is 0 Å². The van der Waals surface area contributed by atoms with Crippen LogP contribution in [0.2, 0.25) is 0 Å². The van der Waals surface area contributed by atoms with Crippen molar-refractivity contribution in [3.8, 4) is 0 Å². The largest absolute Gasteiger partial charge is 0.396 e. The fourth-order valence-corrected chi connectivity index (χ4v) is 2.49. The van der Waals surface area contributed by atoms with Crippen LogP contribution in [0.5, 0.6) is 0 Å². The zero-order valence-corrected chi connectivity index (χ0v) is 8.58. The van der Waals surface area contributed by atoms with Crippen molar-refractivity contribution in [3.05, 3.63) is 35.4 Å². The molecule has 1 nitrogen and oxygen atoms in total. The molecular formula is C13H18O. The van der Waals surface area contributed by atoms with Crippen molar-refractivity contribution in [2.45, 2.75) is 38.0 Å². The van der Waals surface area contributed by atoms with Gasteiger partial charge in [0, 0.05) is 6.61 Å². The maximum absolute atomic E-state index is 8.84. The molecule has 1 aromatic carbocycles. The van der Waals surface area contributed by atoms with Crippen LogP contribution in [-0.2, 0) is 6.42 Å². The monoisotopic (exact) mass is 190 g/mol. The quantitative estimate of drug-likeness (QED) is 0.777. The van der Waals surface area contributed by atoms with Crippen molar-refractivity contribution >= 4 is 0 Å². The van der Waals surface area contributed by atoms with E-state index in [-0.39, 0.29) is 0 Å². The third kappa shape index (κ3) is 1.98. The highest BCUT2D eigenvalue weighted by Crippen LogP contribution is 2.34. The third-order valence-electron chi connectivity index (χ3n) is 3.20. The number of aliphatic hydroxyl groups is 1. The Bertz CT molecular complexity index is 293. The molecule has 1 unspecified atom stereocenters. The minimum absolute atomic E-state index is 0.332. The Morgan fingerprint density at radius 1 is 1.29 bits per heavy atom. The summed E-state index contributed by atoms with van der Waals surface area (Å²) in [6.07, 6.45) is 5.95. The standard InChI is InChI=1S/C13H18O/c14-10-4-8-12-7-3-6-11-5-1-2-9-13(11)12/h1-2,5,9,12,14H,3-4,6-8,10H2. The van der Waals surface area contributed by atoms with E-state index in [1.54, 1.807) is 0 Å². The van der Waals surface area contributed by atoms with Crippen molar-refractivity contribution in [2.75, 3.05) is 6.61 Å². The second kappa shape index (κ2) is 4.61. The highest BCUT2D eigenvalue weighted by molar-refractivity contribution is 5.32. The van der Waals surface area contributed by atoms with Gasteiger partial charge in [-0.25, -0.2) is 0 Å². The van der Waals surface area contributed by atoms with Crippen LogP contribution in [0.15, 0.2) is 24.3 Å². The average Bonchev–Trinajstić information content (AvgIpc) is 2.26. The zero-order valence-electron chi connectivity index (χ0n) is 8.58. The number of fused-ring (bicyclic) bond motifs is 1. The molecule has 0 amide bonds. The van der Waals surface area contributed by atoms with Crippen LogP contribution < -0.4 is 0 Å². The van der Waals surface area contributed by atoms with Crippen LogP contribution in [0.4, 0.5) is 0 Å². The number of aryl methyl sites for hydroxylation is 1. The molecule has 2 rings (SSSR count). The molecule has 1 aliphatic carbocycles. The number of rotatable bonds is 3. The topological polar surface area (TPSA) is 20.2 Å². The van der Waals surface area contributed by atoms with E-state index in [1.165, 1.54) is 30.4 Å². The van der Waals surface area contributed by atoms with Gasteiger partial charge in [0.05, 0.1) is 0 Å². The van der Waals surface area contributed by atoms with E-state index in [1.807, 2.05) is 0 Å². The van der Waals surface area contributed by atoms with Crippen molar-refractivity contribution in [1.29, 1.82) is 0 Å². The van der Waals surface area contributed by atoms with Crippen LogP contribution in [-0.4, -0.2) is 11.7 Å². The number of benzene rings is 1. The van der Waals surface area contributed by atoms with E-state index >= 15 is 0 Å². The SMILES string of the molecule is OCCCC1CCCc2ccccc21. The molecule has 0 saturated heterocycles. The van der Waals surface area contributed by atoms with Crippen LogP contribution in [0, 0.1) is 0 Å². The summed E-state index contributed by atoms with van der Waals surface area (Å²) in [6, 6.07) is 8.78. The Labute approximate surface area is 85.8 Å². The summed E-state index contributed by atoms with van der Waals surface area (Å²) in [6.45, 7) is 0.332. The predicted molar refractivity (Wildman–Crippen MR) is 58.4 cm³/mol. The molecule has 0 aliphatic heterocycles. The molecule has 14 heavy (non-hydrogen) atoms. The van der Waals surface area contributed by atoms with Crippen LogP contribution in [0.1, 0.15) is 42.7 Å². The predicted octanol–water partition coefficient (Wildman–Crippen LogP) is 2.88. The molecule has 1 atom stereocenters. The van der Waals surface area contributed by atoms with Crippen molar-refractivity contribution in [2.24, 2.45) is 0 Å². The van der Waals surface area contributed by atoms with Gasteiger partial charge in [-0.05, 0) is 49.1 Å². The van der Waals surface area contributed by atoms with Crippen LogP contribution in [0.3, 0.4) is 0 Å². The molecule has 0 bridgehead atoms. The van der Waals surface area contributed by atoms with Gasteiger partial charge in [0.1, 0.15) is 0 Å². The lowest BCUT2D eigenvalue weighted by Crippen LogP contribution is -2.10. The van der Waals surface area contributed by atoms with Gasteiger partial charge in [-0.1, -0.05) is 24.3 Å². The summed E-state index contributed by atoms with van der Waals surface area (Å²) in [5.41, 5.74) is 3.06. The Morgan fingerprint density at radius 3 is 3.00 bits per heavy atom. The fourth-order valence-electron chi connectivity index (χ4n) is 2.49. The minimum Gasteiger partial charge on any atom is -0.396 e. The maximum Gasteiger partial charge on any atom is 0.0431 e. The lowest BCUT2D eigenvalue weighted by atomic mass is 9.80. The van der Waals surface area contributed by atoms with E-state index < -0.39 is 0 Å². The first-order valence-electron chi connectivity index (χ1n) is 5.60. The van der Waals surface area contributed by atoms with E-state index in [2.05, 4.69) is 24.3 Å². The summed E-state index contributed by atoms with van der Waals surface area (Å²) in [5, 5.41) is 8.84. The van der Waals surface area contributed by atoms with Gasteiger partial charge in [0.15, 0.2) is 0 Å². The van der Waals surface area contributed by atoms with Gasteiger partial charge in [-0.15, -0.1) is 0 Å². The van der Waals surface area contributed by atoms with Gasteiger partial charge in [0.25, 0.3) is 0 Å². The molecule has 1 heteroatoms. The second-order valence-corrected chi connectivity index (χ2v) is 4.15. The first kappa shape index (κ1) is 9.72. The maximum atomic E-state index is 8.84. The average molecular weight is 190 g/mol. The minimum atomic E-state index is 0.332. The summed E-state index contributed by atoms with van der Waals surface area (Å²) in [4.78, 5) is 0. The van der Waals surface area contributed by atoms with Crippen LogP contribution in [0.25, 0.3) is 0 Å². The zero-order chi connectivity index (χ0) is 9.80. The molecule has 76 valence electrons. The first-order chi connectivity index (χ1) is 6.92. The molecule has 0 spiro atoms. The van der Waals surface area contributed by atoms with Crippen molar-refractivity contribution in [1.82, 2.24) is 0 Å². The highest BCUT2D eigenvalue weighted by Gasteiger charge is 2.18. The molecule has 0 saturated carbocycles.